The number of anilines is 1. The van der Waals surface area contributed by atoms with E-state index in [0.717, 1.165) is 6.07 Å². The van der Waals surface area contributed by atoms with Crippen molar-refractivity contribution in [1.29, 1.82) is 0 Å². The lowest BCUT2D eigenvalue weighted by molar-refractivity contribution is 0.0572. The summed E-state index contributed by atoms with van der Waals surface area (Å²) >= 11 is 0. The summed E-state index contributed by atoms with van der Waals surface area (Å²) in [6.07, 6.45) is -2.52. The second-order valence-corrected chi connectivity index (χ2v) is 6.18. The second-order valence-electron chi connectivity index (χ2n) is 4.27. The predicted octanol–water partition coefficient (Wildman–Crippen LogP) is -0.727. The molecule has 0 spiro atoms. The molecular formula is C10H12F2N2O4S. The third-order valence-corrected chi connectivity index (χ3v) is 4.69. The first-order valence-electron chi connectivity index (χ1n) is 5.34. The van der Waals surface area contributed by atoms with E-state index in [4.69, 9.17) is 5.73 Å². The Bertz CT molecular complexity index is 598. The number of β-amino-alcohol motifs (C(OH)–C–C–N with tert-alkyl or cyclic N) is 2. The Hall–Kier alpha value is -1.29. The maximum atomic E-state index is 13.6. The molecule has 2 unspecified atom stereocenters. The van der Waals surface area contributed by atoms with Crippen molar-refractivity contribution in [3.8, 4) is 0 Å². The largest absolute Gasteiger partial charge is 0.399 e. The average molecular weight is 294 g/mol. The van der Waals surface area contributed by atoms with E-state index in [1.54, 1.807) is 0 Å². The number of halogens is 2. The zero-order chi connectivity index (χ0) is 14.4. The van der Waals surface area contributed by atoms with Crippen LogP contribution >= 0.6 is 0 Å². The minimum absolute atomic E-state index is 0.238. The zero-order valence-corrected chi connectivity index (χ0v) is 10.4. The fraction of sp³-hybridized carbons (Fsp3) is 0.400. The first-order chi connectivity index (χ1) is 8.73. The molecule has 0 aliphatic carbocycles. The number of aliphatic hydroxyl groups excluding tert-OH is 2. The number of benzene rings is 1. The number of rotatable bonds is 2. The lowest BCUT2D eigenvalue weighted by Gasteiger charge is -2.16. The van der Waals surface area contributed by atoms with E-state index in [2.05, 4.69) is 0 Å². The van der Waals surface area contributed by atoms with Crippen LogP contribution in [0.25, 0.3) is 0 Å². The third-order valence-electron chi connectivity index (χ3n) is 2.86. The van der Waals surface area contributed by atoms with E-state index in [1.165, 1.54) is 0 Å². The number of aliphatic hydroxyl groups is 2. The number of nitrogens with two attached hydrogens (primary N) is 1. The summed E-state index contributed by atoms with van der Waals surface area (Å²) in [5.74, 6) is -2.91. The molecule has 6 nitrogen and oxygen atoms in total. The molecule has 1 aliphatic rings. The normalized spacial score (nSPS) is 24.8. The van der Waals surface area contributed by atoms with Gasteiger partial charge in [-0.25, -0.2) is 17.2 Å². The van der Waals surface area contributed by atoms with E-state index < -0.39 is 38.8 Å². The van der Waals surface area contributed by atoms with Crippen molar-refractivity contribution >= 4 is 15.7 Å². The van der Waals surface area contributed by atoms with Crippen LogP contribution in [0.1, 0.15) is 0 Å². The quantitative estimate of drug-likeness (QED) is 0.624. The number of nitrogen functional groups attached to an aromatic ring is 1. The minimum atomic E-state index is -4.36. The lowest BCUT2D eigenvalue weighted by atomic mass is 10.3. The Morgan fingerprint density at radius 3 is 2.26 bits per heavy atom. The van der Waals surface area contributed by atoms with Crippen LogP contribution in [0.15, 0.2) is 17.0 Å². The van der Waals surface area contributed by atoms with E-state index in [1.807, 2.05) is 0 Å². The number of hydrogen-bond donors (Lipinski definition) is 3. The van der Waals surface area contributed by atoms with Crippen LogP contribution in [0.2, 0.25) is 0 Å². The highest BCUT2D eigenvalue weighted by atomic mass is 32.2. The Morgan fingerprint density at radius 1 is 1.21 bits per heavy atom. The van der Waals surface area contributed by atoms with Crippen molar-refractivity contribution in [3.63, 3.8) is 0 Å². The molecule has 4 N–H and O–H groups in total. The maximum Gasteiger partial charge on any atom is 0.246 e. The Balaban J connectivity index is 2.46. The average Bonchev–Trinajstić information content (AvgIpc) is 2.65. The molecule has 0 saturated carbocycles. The van der Waals surface area contributed by atoms with Crippen molar-refractivity contribution in [2.45, 2.75) is 17.1 Å². The summed E-state index contributed by atoms with van der Waals surface area (Å²) in [6, 6.07) is 1.47. The lowest BCUT2D eigenvalue weighted by Crippen LogP contribution is -2.31. The van der Waals surface area contributed by atoms with Gasteiger partial charge in [-0.1, -0.05) is 0 Å². The van der Waals surface area contributed by atoms with Gasteiger partial charge in [0.1, 0.15) is 4.90 Å². The number of sulfonamides is 1. The summed E-state index contributed by atoms with van der Waals surface area (Å²) in [5, 5.41) is 18.6. The van der Waals surface area contributed by atoms with Crippen LogP contribution in [-0.4, -0.2) is 48.2 Å². The fourth-order valence-electron chi connectivity index (χ4n) is 1.84. The molecule has 1 aromatic carbocycles. The molecule has 1 fully saturated rings. The zero-order valence-electron chi connectivity index (χ0n) is 9.62. The first-order valence-corrected chi connectivity index (χ1v) is 6.78. The molecule has 1 aliphatic heterocycles. The molecule has 0 radical (unpaired) electrons. The molecule has 19 heavy (non-hydrogen) atoms. The van der Waals surface area contributed by atoms with Crippen molar-refractivity contribution in [3.05, 3.63) is 23.8 Å². The Labute approximate surface area is 108 Å². The van der Waals surface area contributed by atoms with E-state index in [-0.39, 0.29) is 18.8 Å². The number of nitrogens with zero attached hydrogens (tertiary/aromatic N) is 1. The third kappa shape index (κ3) is 2.41. The summed E-state index contributed by atoms with van der Waals surface area (Å²) < 4.78 is 51.6. The topological polar surface area (TPSA) is 104 Å². The van der Waals surface area contributed by atoms with Gasteiger partial charge in [0.2, 0.25) is 10.0 Å². The van der Waals surface area contributed by atoms with Gasteiger partial charge in [0, 0.05) is 18.8 Å². The molecule has 0 aromatic heterocycles. The van der Waals surface area contributed by atoms with Gasteiger partial charge in [0.05, 0.1) is 12.2 Å². The van der Waals surface area contributed by atoms with Crippen LogP contribution in [0.4, 0.5) is 14.5 Å². The van der Waals surface area contributed by atoms with E-state index in [9.17, 15) is 27.4 Å². The molecule has 0 bridgehead atoms. The van der Waals surface area contributed by atoms with Crippen LogP contribution in [-0.2, 0) is 10.0 Å². The van der Waals surface area contributed by atoms with Gasteiger partial charge in [-0.3, -0.25) is 0 Å². The standard InChI is InChI=1S/C10H12F2N2O4S/c11-6-1-5(13)2-9(10(6)12)19(17,18)14-3-7(15)8(16)4-14/h1-2,7-8,15-16H,3-4,13H2. The highest BCUT2D eigenvalue weighted by Crippen LogP contribution is 2.26. The first kappa shape index (κ1) is 14.1. The van der Waals surface area contributed by atoms with Crippen LogP contribution in [0.5, 0.6) is 0 Å². The monoisotopic (exact) mass is 294 g/mol. The predicted molar refractivity (Wildman–Crippen MR) is 61.5 cm³/mol. The van der Waals surface area contributed by atoms with Crippen molar-refractivity contribution < 1.29 is 27.4 Å². The van der Waals surface area contributed by atoms with Gasteiger partial charge < -0.3 is 15.9 Å². The van der Waals surface area contributed by atoms with Crippen LogP contribution in [0.3, 0.4) is 0 Å². The van der Waals surface area contributed by atoms with E-state index >= 15 is 0 Å². The minimum Gasteiger partial charge on any atom is -0.399 e. The summed E-state index contributed by atoms with van der Waals surface area (Å²) in [5.41, 5.74) is 5.05. The van der Waals surface area contributed by atoms with Gasteiger partial charge in [0.25, 0.3) is 0 Å². The maximum absolute atomic E-state index is 13.6. The van der Waals surface area contributed by atoms with E-state index in [0.29, 0.717) is 10.4 Å². The SMILES string of the molecule is Nc1cc(F)c(F)c(S(=O)(=O)N2CC(O)C(O)C2)c1. The van der Waals surface area contributed by atoms with Gasteiger partial charge in [0.15, 0.2) is 11.6 Å². The molecule has 1 heterocycles. The highest BCUT2D eigenvalue weighted by molar-refractivity contribution is 7.89. The molecule has 2 atom stereocenters. The molecule has 1 aromatic rings. The fourth-order valence-corrected chi connectivity index (χ4v) is 3.43. The van der Waals surface area contributed by atoms with Gasteiger partial charge in [-0.2, -0.15) is 4.31 Å². The summed E-state index contributed by atoms with van der Waals surface area (Å²) in [4.78, 5) is -0.911. The molecular weight excluding hydrogens is 282 g/mol. The molecule has 9 heteroatoms. The van der Waals surface area contributed by atoms with Crippen LogP contribution < -0.4 is 5.73 Å². The van der Waals surface area contributed by atoms with Gasteiger partial charge in [-0.15, -0.1) is 0 Å². The van der Waals surface area contributed by atoms with Crippen molar-refractivity contribution in [1.82, 2.24) is 4.31 Å². The second kappa shape index (κ2) is 4.67. The van der Waals surface area contributed by atoms with Gasteiger partial charge >= 0.3 is 0 Å². The smallest absolute Gasteiger partial charge is 0.246 e. The van der Waals surface area contributed by atoms with Crippen LogP contribution in [0, 0.1) is 11.6 Å². The molecule has 0 amide bonds. The molecule has 1 saturated heterocycles. The Morgan fingerprint density at radius 2 is 1.74 bits per heavy atom. The summed E-state index contributed by atoms with van der Waals surface area (Å²) in [6.45, 7) is -0.779. The molecule has 2 rings (SSSR count). The number of hydrogen-bond acceptors (Lipinski definition) is 5. The molecule has 106 valence electrons. The summed E-state index contributed by atoms with van der Waals surface area (Å²) in [7, 11) is -4.36. The highest BCUT2D eigenvalue weighted by Gasteiger charge is 2.39. The van der Waals surface area contributed by atoms with Crippen molar-refractivity contribution in [2.75, 3.05) is 18.8 Å². The Kier molecular flexibility index (Phi) is 3.47. The van der Waals surface area contributed by atoms with Crippen molar-refractivity contribution in [2.24, 2.45) is 0 Å². The van der Waals surface area contributed by atoms with Gasteiger partial charge in [-0.05, 0) is 12.1 Å².